The maximum Gasteiger partial charge on any atom is 0.368 e. The van der Waals surface area contributed by atoms with Gasteiger partial charge in [-0.25, -0.2) is 13.2 Å². The minimum absolute atomic E-state index is 0.0158. The Hall–Kier alpha value is -2.52. The number of aliphatic carboxylic acids is 1. The topological polar surface area (TPSA) is 83.9 Å². The van der Waals surface area contributed by atoms with E-state index in [4.69, 9.17) is 9.84 Å². The van der Waals surface area contributed by atoms with Gasteiger partial charge in [-0.15, -0.1) is 11.8 Å². The zero-order valence-corrected chi connectivity index (χ0v) is 20.5. The number of fused-ring (bicyclic) bond motifs is 1. The molecular weight excluding hydrogens is 465 g/mol. The van der Waals surface area contributed by atoms with E-state index in [1.165, 1.54) is 17.8 Å². The molecule has 1 aliphatic rings. The number of anilines is 2. The number of carboxylic acids is 1. The number of rotatable bonds is 8. The predicted octanol–water partition coefficient (Wildman–Crippen LogP) is 5.80. The lowest BCUT2D eigenvalue weighted by Gasteiger charge is -2.36. The van der Waals surface area contributed by atoms with Crippen LogP contribution in [-0.2, 0) is 14.6 Å². The van der Waals surface area contributed by atoms with Crippen molar-refractivity contribution in [2.75, 3.05) is 23.5 Å². The standard InChI is InChI=1S/C24H28FNO5S2/c1-4-11-24(5-2)15-26(17-9-7-6-8-10-17)19-12-21(32-3)20(31-14-18(25)23(27)28)13-22(19)33(29,30)16-24/h6-10,12-14H,4-5,11,15-16H2,1-3H3,(H,27,28)/b18-14-/t24-/m0/s1. The van der Waals surface area contributed by atoms with Crippen LogP contribution in [-0.4, -0.2) is 38.0 Å². The maximum atomic E-state index is 13.6. The van der Waals surface area contributed by atoms with Gasteiger partial charge in [-0.2, -0.15) is 4.39 Å². The number of benzene rings is 2. The highest BCUT2D eigenvalue weighted by atomic mass is 32.2. The Kier molecular flexibility index (Phi) is 7.74. The minimum atomic E-state index is -3.73. The second-order valence-corrected chi connectivity index (χ2v) is 10.9. The van der Waals surface area contributed by atoms with E-state index in [2.05, 4.69) is 6.92 Å². The number of hydrogen-bond donors (Lipinski definition) is 1. The molecule has 2 aromatic carbocycles. The van der Waals surface area contributed by atoms with Gasteiger partial charge in [-0.3, -0.25) is 0 Å². The smallest absolute Gasteiger partial charge is 0.368 e. The number of ether oxygens (including phenoxy) is 1. The summed E-state index contributed by atoms with van der Waals surface area (Å²) < 4.78 is 46.1. The van der Waals surface area contributed by atoms with Crippen molar-refractivity contribution < 1.29 is 27.4 Å². The van der Waals surface area contributed by atoms with Gasteiger partial charge in [0, 0.05) is 23.7 Å². The molecule has 0 bridgehead atoms. The molecule has 33 heavy (non-hydrogen) atoms. The summed E-state index contributed by atoms with van der Waals surface area (Å²) in [6.45, 7) is 4.61. The quantitative estimate of drug-likeness (QED) is 0.282. The molecule has 2 aromatic rings. The fourth-order valence-electron chi connectivity index (χ4n) is 4.27. The zero-order valence-electron chi connectivity index (χ0n) is 18.9. The summed E-state index contributed by atoms with van der Waals surface area (Å²) in [5.41, 5.74) is 0.965. The molecule has 0 spiro atoms. The van der Waals surface area contributed by atoms with Gasteiger partial charge in [-0.05, 0) is 37.3 Å². The molecule has 9 heteroatoms. The lowest BCUT2D eigenvalue weighted by molar-refractivity contribution is -0.134. The third-order valence-electron chi connectivity index (χ3n) is 5.95. The Morgan fingerprint density at radius 3 is 2.55 bits per heavy atom. The minimum Gasteiger partial charge on any atom is -0.476 e. The molecule has 1 atom stereocenters. The molecule has 0 unspecified atom stereocenters. The van der Waals surface area contributed by atoms with E-state index in [9.17, 15) is 17.6 Å². The van der Waals surface area contributed by atoms with E-state index in [1.807, 2.05) is 42.2 Å². The molecule has 0 radical (unpaired) electrons. The van der Waals surface area contributed by atoms with Crippen molar-refractivity contribution >= 4 is 38.9 Å². The molecule has 0 aliphatic carbocycles. The van der Waals surface area contributed by atoms with Gasteiger partial charge in [0.15, 0.2) is 9.84 Å². The van der Waals surface area contributed by atoms with Gasteiger partial charge in [0.25, 0.3) is 0 Å². The van der Waals surface area contributed by atoms with Gasteiger partial charge < -0.3 is 14.7 Å². The van der Waals surface area contributed by atoms with E-state index < -0.39 is 27.0 Å². The first-order chi connectivity index (χ1) is 15.7. The summed E-state index contributed by atoms with van der Waals surface area (Å²) >= 11 is 1.30. The third-order valence-corrected chi connectivity index (χ3v) is 8.70. The van der Waals surface area contributed by atoms with Crippen LogP contribution in [0.4, 0.5) is 15.8 Å². The van der Waals surface area contributed by atoms with Crippen LogP contribution >= 0.6 is 11.8 Å². The van der Waals surface area contributed by atoms with Gasteiger partial charge in [0.2, 0.25) is 5.83 Å². The van der Waals surface area contributed by atoms with Crippen LogP contribution in [0.3, 0.4) is 0 Å². The Morgan fingerprint density at radius 1 is 1.27 bits per heavy atom. The molecule has 0 saturated carbocycles. The number of nitrogens with zero attached hydrogens (tertiary/aromatic N) is 1. The number of thioether (sulfide) groups is 1. The normalized spacial score (nSPS) is 20.1. The Balaban J connectivity index is 2.25. The van der Waals surface area contributed by atoms with Gasteiger partial charge >= 0.3 is 5.97 Å². The van der Waals surface area contributed by atoms with Crippen molar-refractivity contribution in [2.45, 2.75) is 42.9 Å². The molecule has 178 valence electrons. The van der Waals surface area contributed by atoms with Crippen LogP contribution < -0.4 is 9.64 Å². The first-order valence-electron chi connectivity index (χ1n) is 10.7. The van der Waals surface area contributed by atoms with E-state index in [1.54, 1.807) is 12.3 Å². The third kappa shape index (κ3) is 5.35. The number of carbonyl (C=O) groups is 1. The maximum absolute atomic E-state index is 13.6. The van der Waals surface area contributed by atoms with Crippen LogP contribution in [0.5, 0.6) is 5.75 Å². The summed E-state index contributed by atoms with van der Waals surface area (Å²) in [5, 5.41) is 8.76. The average molecular weight is 494 g/mol. The number of hydrogen-bond acceptors (Lipinski definition) is 6. The zero-order chi connectivity index (χ0) is 24.2. The predicted molar refractivity (Wildman–Crippen MR) is 129 cm³/mol. The Labute approximate surface area is 198 Å². The number of para-hydroxylation sites is 1. The Morgan fingerprint density at radius 2 is 1.97 bits per heavy atom. The van der Waals surface area contributed by atoms with Gasteiger partial charge in [0.1, 0.15) is 12.0 Å². The van der Waals surface area contributed by atoms with Crippen LogP contribution in [0.1, 0.15) is 33.1 Å². The highest BCUT2D eigenvalue weighted by Gasteiger charge is 2.41. The fraction of sp³-hybridized carbons (Fsp3) is 0.375. The summed E-state index contributed by atoms with van der Waals surface area (Å²) in [4.78, 5) is 13.5. The van der Waals surface area contributed by atoms with Crippen molar-refractivity contribution in [3.05, 3.63) is 54.6 Å². The van der Waals surface area contributed by atoms with Crippen molar-refractivity contribution in [2.24, 2.45) is 5.41 Å². The second kappa shape index (κ2) is 10.2. The summed E-state index contributed by atoms with van der Waals surface area (Å²) in [6.07, 6.45) is 4.58. The van der Waals surface area contributed by atoms with E-state index in [-0.39, 0.29) is 16.4 Å². The van der Waals surface area contributed by atoms with Crippen LogP contribution in [0, 0.1) is 5.41 Å². The van der Waals surface area contributed by atoms with Crippen molar-refractivity contribution in [3.8, 4) is 5.75 Å². The molecule has 0 saturated heterocycles. The molecule has 1 aliphatic heterocycles. The van der Waals surface area contributed by atoms with Gasteiger partial charge in [0.05, 0.1) is 21.2 Å². The molecule has 1 heterocycles. The average Bonchev–Trinajstić information content (AvgIpc) is 2.89. The highest BCUT2D eigenvalue weighted by Crippen LogP contribution is 2.47. The molecule has 0 aromatic heterocycles. The number of sulfone groups is 1. The molecule has 3 rings (SSSR count). The summed E-state index contributed by atoms with van der Waals surface area (Å²) in [6, 6.07) is 12.7. The SMILES string of the molecule is CCC[C@@]1(CC)CN(c2ccccc2)c2cc(SC)c(O/C=C(\F)C(=O)O)cc2S(=O)(=O)C1. The molecule has 0 amide bonds. The molecular formula is C24H28FNO5S2. The highest BCUT2D eigenvalue weighted by molar-refractivity contribution is 7.98. The molecule has 1 N–H and O–H groups in total. The van der Waals surface area contributed by atoms with Gasteiger partial charge in [-0.1, -0.05) is 38.5 Å². The fourth-order valence-corrected chi connectivity index (χ4v) is 6.98. The summed E-state index contributed by atoms with van der Waals surface area (Å²) in [5.74, 6) is -3.16. The largest absolute Gasteiger partial charge is 0.476 e. The lowest BCUT2D eigenvalue weighted by Crippen LogP contribution is -2.37. The lowest BCUT2D eigenvalue weighted by atomic mass is 9.82. The Bertz CT molecular complexity index is 1150. The van der Waals surface area contributed by atoms with Crippen molar-refractivity contribution in [3.63, 3.8) is 0 Å². The molecule has 6 nitrogen and oxygen atoms in total. The monoisotopic (exact) mass is 493 g/mol. The number of halogens is 1. The van der Waals surface area contributed by atoms with Crippen molar-refractivity contribution in [1.82, 2.24) is 0 Å². The first-order valence-corrected chi connectivity index (χ1v) is 13.6. The van der Waals surface area contributed by atoms with Crippen LogP contribution in [0.25, 0.3) is 0 Å². The van der Waals surface area contributed by atoms with Crippen LogP contribution in [0.2, 0.25) is 0 Å². The van der Waals surface area contributed by atoms with Crippen LogP contribution in [0.15, 0.2) is 64.3 Å². The van der Waals surface area contributed by atoms with E-state index >= 15 is 0 Å². The first kappa shape index (κ1) is 25.1. The van der Waals surface area contributed by atoms with Crippen molar-refractivity contribution in [1.29, 1.82) is 0 Å². The second-order valence-electron chi connectivity index (χ2n) is 8.14. The molecule has 0 fully saturated rings. The number of carboxylic acid groups (broad SMARTS) is 1. The van der Waals surface area contributed by atoms with E-state index in [0.29, 0.717) is 29.8 Å². The van der Waals surface area contributed by atoms with E-state index in [0.717, 1.165) is 18.5 Å². The summed E-state index contributed by atoms with van der Waals surface area (Å²) in [7, 11) is -3.73.